The minimum atomic E-state index is 0.0859. The Balaban J connectivity index is 2.08. The van der Waals surface area contributed by atoms with E-state index in [9.17, 15) is 5.11 Å². The molecular weight excluding hydrogens is 230 g/mol. The normalized spacial score (nSPS) is 12.3. The molecule has 3 N–H and O–H groups in total. The SMILES string of the molecule is CC(C)/C(=C\CNc1ncnc2nc[nH]c12)CO. The summed E-state index contributed by atoms with van der Waals surface area (Å²) in [6.07, 6.45) is 5.05. The van der Waals surface area contributed by atoms with Crippen LogP contribution in [0.2, 0.25) is 0 Å². The summed E-state index contributed by atoms with van der Waals surface area (Å²) >= 11 is 0. The molecule has 0 saturated heterocycles. The van der Waals surface area contributed by atoms with E-state index in [-0.39, 0.29) is 6.61 Å². The van der Waals surface area contributed by atoms with Crippen molar-refractivity contribution in [3.8, 4) is 0 Å². The summed E-state index contributed by atoms with van der Waals surface area (Å²) in [6, 6.07) is 0. The molecule has 0 amide bonds. The van der Waals surface area contributed by atoms with Crippen LogP contribution in [0.1, 0.15) is 13.8 Å². The number of aliphatic hydroxyl groups is 1. The Kier molecular flexibility index (Phi) is 3.88. The van der Waals surface area contributed by atoms with Crippen LogP contribution in [0.4, 0.5) is 5.82 Å². The lowest BCUT2D eigenvalue weighted by molar-refractivity contribution is 0.318. The van der Waals surface area contributed by atoms with Crippen molar-refractivity contribution in [1.29, 1.82) is 0 Å². The zero-order chi connectivity index (χ0) is 13.0. The van der Waals surface area contributed by atoms with E-state index in [1.165, 1.54) is 6.33 Å². The highest BCUT2D eigenvalue weighted by Crippen LogP contribution is 2.14. The van der Waals surface area contributed by atoms with E-state index >= 15 is 0 Å². The number of H-pyrrole nitrogens is 1. The number of fused-ring (bicyclic) bond motifs is 1. The summed E-state index contributed by atoms with van der Waals surface area (Å²) in [5.74, 6) is 1.06. The maximum atomic E-state index is 9.19. The third kappa shape index (κ3) is 2.65. The Hall–Kier alpha value is -1.95. The second-order valence-electron chi connectivity index (χ2n) is 4.30. The number of aromatic amines is 1. The average molecular weight is 247 g/mol. The third-order valence-corrected chi connectivity index (χ3v) is 2.78. The fourth-order valence-electron chi connectivity index (χ4n) is 1.66. The molecule has 0 radical (unpaired) electrons. The summed E-state index contributed by atoms with van der Waals surface area (Å²) in [4.78, 5) is 15.3. The molecule has 2 rings (SSSR count). The Morgan fingerprint density at radius 2 is 2.28 bits per heavy atom. The molecule has 0 aliphatic rings. The second kappa shape index (κ2) is 5.59. The number of aromatic nitrogens is 4. The first-order valence-corrected chi connectivity index (χ1v) is 5.90. The van der Waals surface area contributed by atoms with E-state index in [0.29, 0.717) is 18.1 Å². The van der Waals surface area contributed by atoms with Crippen molar-refractivity contribution in [3.05, 3.63) is 24.3 Å². The standard InChI is InChI=1S/C12H17N5O/c1-8(2)9(5-18)3-4-13-11-10-12(15-6-14-10)17-7-16-11/h3,6-8,18H,4-5H2,1-2H3,(H2,13,14,15,16,17)/b9-3-. The van der Waals surface area contributed by atoms with Gasteiger partial charge in [0.15, 0.2) is 11.5 Å². The zero-order valence-corrected chi connectivity index (χ0v) is 10.5. The molecule has 0 saturated carbocycles. The first kappa shape index (κ1) is 12.5. The van der Waals surface area contributed by atoms with Crippen molar-refractivity contribution < 1.29 is 5.11 Å². The monoisotopic (exact) mass is 247 g/mol. The number of imidazole rings is 1. The molecule has 18 heavy (non-hydrogen) atoms. The number of anilines is 1. The molecule has 0 spiro atoms. The first-order valence-electron chi connectivity index (χ1n) is 5.90. The largest absolute Gasteiger partial charge is 0.392 e. The topological polar surface area (TPSA) is 86.7 Å². The van der Waals surface area contributed by atoms with Gasteiger partial charge in [0.2, 0.25) is 0 Å². The molecule has 0 unspecified atom stereocenters. The van der Waals surface area contributed by atoms with Gasteiger partial charge in [-0.1, -0.05) is 19.9 Å². The van der Waals surface area contributed by atoms with Crippen molar-refractivity contribution in [2.75, 3.05) is 18.5 Å². The third-order valence-electron chi connectivity index (χ3n) is 2.78. The van der Waals surface area contributed by atoms with Crippen LogP contribution < -0.4 is 5.32 Å². The lowest BCUT2D eigenvalue weighted by Gasteiger charge is -2.09. The molecule has 2 aromatic rings. The van der Waals surface area contributed by atoms with Crippen molar-refractivity contribution in [2.24, 2.45) is 5.92 Å². The van der Waals surface area contributed by atoms with E-state index < -0.39 is 0 Å². The molecule has 96 valence electrons. The molecule has 0 aromatic carbocycles. The molecule has 0 fully saturated rings. The first-order chi connectivity index (χ1) is 8.72. The van der Waals surface area contributed by atoms with Crippen LogP contribution in [-0.4, -0.2) is 38.2 Å². The van der Waals surface area contributed by atoms with E-state index in [0.717, 1.165) is 16.9 Å². The summed E-state index contributed by atoms with van der Waals surface area (Å²) in [5.41, 5.74) is 2.45. The van der Waals surface area contributed by atoms with E-state index in [1.54, 1.807) is 6.33 Å². The van der Waals surface area contributed by atoms with Crippen LogP contribution in [0.15, 0.2) is 24.3 Å². The van der Waals surface area contributed by atoms with Gasteiger partial charge >= 0.3 is 0 Å². The molecule has 6 heteroatoms. The number of rotatable bonds is 5. The van der Waals surface area contributed by atoms with Gasteiger partial charge in [0, 0.05) is 6.54 Å². The van der Waals surface area contributed by atoms with Gasteiger partial charge in [0.1, 0.15) is 11.8 Å². The zero-order valence-electron chi connectivity index (χ0n) is 10.5. The summed E-state index contributed by atoms with van der Waals surface area (Å²) in [6.45, 7) is 4.81. The van der Waals surface area contributed by atoms with Crippen LogP contribution in [0, 0.1) is 5.92 Å². The molecule has 0 aliphatic heterocycles. The van der Waals surface area contributed by atoms with Gasteiger partial charge in [0.05, 0.1) is 12.9 Å². The minimum absolute atomic E-state index is 0.0859. The molecule has 2 aromatic heterocycles. The van der Waals surface area contributed by atoms with Gasteiger partial charge in [-0.15, -0.1) is 0 Å². The summed E-state index contributed by atoms with van der Waals surface area (Å²) < 4.78 is 0. The molecule has 2 heterocycles. The van der Waals surface area contributed by atoms with Crippen LogP contribution in [0.5, 0.6) is 0 Å². The van der Waals surface area contributed by atoms with Gasteiger partial charge in [-0.3, -0.25) is 0 Å². The number of aliphatic hydroxyl groups excluding tert-OH is 1. The lowest BCUT2D eigenvalue weighted by Crippen LogP contribution is -2.06. The Morgan fingerprint density at radius 3 is 3.00 bits per heavy atom. The molecule has 6 nitrogen and oxygen atoms in total. The molecule has 0 bridgehead atoms. The summed E-state index contributed by atoms with van der Waals surface area (Å²) in [7, 11) is 0. The quantitative estimate of drug-likeness (QED) is 0.694. The fraction of sp³-hybridized carbons (Fsp3) is 0.417. The minimum Gasteiger partial charge on any atom is -0.392 e. The van der Waals surface area contributed by atoms with Crippen LogP contribution in [0.25, 0.3) is 11.2 Å². The van der Waals surface area contributed by atoms with Crippen molar-refractivity contribution in [2.45, 2.75) is 13.8 Å². The number of hydrogen-bond donors (Lipinski definition) is 3. The molecule has 0 atom stereocenters. The van der Waals surface area contributed by atoms with Gasteiger partial charge in [-0.05, 0) is 11.5 Å². The smallest absolute Gasteiger partial charge is 0.182 e. The number of nitrogens with zero attached hydrogens (tertiary/aromatic N) is 3. The second-order valence-corrected chi connectivity index (χ2v) is 4.30. The highest BCUT2D eigenvalue weighted by molar-refractivity contribution is 5.81. The molecular formula is C12H17N5O. The van der Waals surface area contributed by atoms with Gasteiger partial charge in [0.25, 0.3) is 0 Å². The van der Waals surface area contributed by atoms with E-state index in [2.05, 4.69) is 39.1 Å². The van der Waals surface area contributed by atoms with Crippen LogP contribution in [-0.2, 0) is 0 Å². The average Bonchev–Trinajstić information content (AvgIpc) is 2.83. The fourth-order valence-corrected chi connectivity index (χ4v) is 1.66. The van der Waals surface area contributed by atoms with Crippen molar-refractivity contribution in [3.63, 3.8) is 0 Å². The maximum absolute atomic E-state index is 9.19. The predicted octanol–water partition coefficient (Wildman–Crippen LogP) is 1.34. The van der Waals surface area contributed by atoms with Gasteiger partial charge in [-0.25, -0.2) is 15.0 Å². The number of nitrogens with one attached hydrogen (secondary N) is 2. The maximum Gasteiger partial charge on any atom is 0.182 e. The van der Waals surface area contributed by atoms with Crippen LogP contribution >= 0.6 is 0 Å². The van der Waals surface area contributed by atoms with Crippen LogP contribution in [0.3, 0.4) is 0 Å². The predicted molar refractivity (Wildman–Crippen MR) is 70.2 cm³/mol. The van der Waals surface area contributed by atoms with Crippen molar-refractivity contribution >= 4 is 17.0 Å². The Morgan fingerprint density at radius 1 is 1.44 bits per heavy atom. The number of hydrogen-bond acceptors (Lipinski definition) is 5. The van der Waals surface area contributed by atoms with Gasteiger partial charge < -0.3 is 15.4 Å². The van der Waals surface area contributed by atoms with Gasteiger partial charge in [-0.2, -0.15) is 0 Å². The van der Waals surface area contributed by atoms with Crippen molar-refractivity contribution in [1.82, 2.24) is 19.9 Å². The van der Waals surface area contributed by atoms with E-state index in [4.69, 9.17) is 0 Å². The highest BCUT2D eigenvalue weighted by Gasteiger charge is 2.05. The Bertz CT molecular complexity index is 546. The lowest BCUT2D eigenvalue weighted by atomic mass is 10.0. The highest BCUT2D eigenvalue weighted by atomic mass is 16.3. The Labute approximate surface area is 105 Å². The molecule has 0 aliphatic carbocycles. The summed E-state index contributed by atoms with van der Waals surface area (Å²) in [5, 5.41) is 12.4. The van der Waals surface area contributed by atoms with E-state index in [1.807, 2.05) is 6.08 Å².